The van der Waals surface area contributed by atoms with Crippen LogP contribution in [0.5, 0.6) is 0 Å². The Morgan fingerprint density at radius 2 is 1.76 bits per heavy atom. The molecule has 0 aromatic heterocycles. The molecule has 3 heteroatoms. The number of thioether (sulfide) groups is 1. The average Bonchev–Trinajstić information content (AvgIpc) is 2.65. The Balaban J connectivity index is 2.20. The van der Waals surface area contributed by atoms with Crippen molar-refractivity contribution in [2.24, 2.45) is 0 Å². The van der Waals surface area contributed by atoms with Gasteiger partial charge in [0.05, 0.1) is 0 Å². The van der Waals surface area contributed by atoms with Crippen LogP contribution in [0.1, 0.15) is 25.0 Å². The highest BCUT2D eigenvalue weighted by atomic mass is 32.2. The average molecular weight is 366 g/mol. The summed E-state index contributed by atoms with van der Waals surface area (Å²) in [6.07, 6.45) is 6.39. The maximum atomic E-state index is 4.78. The predicted molar refractivity (Wildman–Crippen MR) is 116 cm³/mol. The van der Waals surface area contributed by atoms with Crippen molar-refractivity contribution in [2.45, 2.75) is 20.4 Å². The van der Waals surface area contributed by atoms with E-state index in [0.29, 0.717) is 0 Å². The second-order valence-corrected chi connectivity index (χ2v) is 7.54. The van der Waals surface area contributed by atoms with Gasteiger partial charge in [-0.2, -0.15) is 0 Å². The molecule has 1 heterocycles. The Kier molecular flexibility index (Phi) is 5.77. The van der Waals surface area contributed by atoms with Crippen molar-refractivity contribution in [1.82, 2.24) is 0 Å². The van der Waals surface area contributed by atoms with Gasteiger partial charge in [-0.05, 0) is 31.7 Å². The van der Waals surface area contributed by atoms with Crippen LogP contribution in [0.4, 0.5) is 5.69 Å². The third-order valence-electron chi connectivity index (χ3n) is 4.45. The van der Waals surface area contributed by atoms with Crippen LogP contribution >= 0.6 is 24.4 Å². The van der Waals surface area contributed by atoms with E-state index in [1.54, 1.807) is 11.8 Å². The largest absolute Gasteiger partial charge is 0.340 e. The van der Waals surface area contributed by atoms with E-state index in [1.807, 2.05) is 0 Å². The molecule has 0 saturated heterocycles. The molecule has 25 heavy (non-hydrogen) atoms. The third-order valence-corrected chi connectivity index (χ3v) is 5.81. The summed E-state index contributed by atoms with van der Waals surface area (Å²) in [6, 6.07) is 19.2. The lowest BCUT2D eigenvalue weighted by Gasteiger charge is -2.35. The Bertz CT molecular complexity index is 847. The zero-order chi connectivity index (χ0) is 17.8. The monoisotopic (exact) mass is 365 g/mol. The molecule has 0 bridgehead atoms. The summed E-state index contributed by atoms with van der Waals surface area (Å²) in [4.78, 5) is 2.41. The zero-order valence-corrected chi connectivity index (χ0v) is 16.6. The molecule has 2 aromatic carbocycles. The van der Waals surface area contributed by atoms with Crippen molar-refractivity contribution in [3.8, 4) is 0 Å². The van der Waals surface area contributed by atoms with Crippen molar-refractivity contribution < 1.29 is 0 Å². The molecule has 0 atom stereocenters. The minimum Gasteiger partial charge on any atom is -0.340 e. The fourth-order valence-corrected chi connectivity index (χ4v) is 3.91. The standard InChI is InChI=1S/C22H23NS2/c1-4-10-18-16(2)23(15-17-11-6-5-7-12-17)20-14-9-8-13-19(20)21(18)22(24)25-3/h4-14,24H,15H2,1-3H3/b10-4-,22-21-. The lowest BCUT2D eigenvalue weighted by molar-refractivity contribution is 0.897. The smallest absolute Gasteiger partial charge is 0.0492 e. The van der Waals surface area contributed by atoms with E-state index < -0.39 is 0 Å². The van der Waals surface area contributed by atoms with Gasteiger partial charge in [0, 0.05) is 38.9 Å². The molecule has 0 amide bonds. The first kappa shape index (κ1) is 18.0. The van der Waals surface area contributed by atoms with Gasteiger partial charge >= 0.3 is 0 Å². The summed E-state index contributed by atoms with van der Waals surface area (Å²) < 4.78 is 1.05. The fraction of sp³-hybridized carbons (Fsp3) is 0.182. The first-order valence-corrected chi connectivity index (χ1v) is 10.1. The number of hydrogen-bond acceptors (Lipinski definition) is 3. The highest BCUT2D eigenvalue weighted by Crippen LogP contribution is 2.45. The van der Waals surface area contributed by atoms with Gasteiger partial charge in [-0.1, -0.05) is 60.7 Å². The molecule has 128 valence electrons. The predicted octanol–water partition coefficient (Wildman–Crippen LogP) is 6.52. The second-order valence-electron chi connectivity index (χ2n) is 5.97. The SMILES string of the molecule is C/C=C\C1=C(C)N(Cc2ccccc2)c2ccccc2/C1=C(/S)SC. The number of thiol groups is 1. The van der Waals surface area contributed by atoms with Crippen molar-refractivity contribution in [3.05, 3.63) is 93.4 Å². The van der Waals surface area contributed by atoms with Crippen LogP contribution in [0.25, 0.3) is 5.57 Å². The molecular weight excluding hydrogens is 342 g/mol. The highest BCUT2D eigenvalue weighted by Gasteiger charge is 2.26. The molecule has 1 nitrogen and oxygen atoms in total. The lowest BCUT2D eigenvalue weighted by Crippen LogP contribution is -2.26. The van der Waals surface area contributed by atoms with E-state index in [-0.39, 0.29) is 0 Å². The number of rotatable bonds is 4. The van der Waals surface area contributed by atoms with Crippen LogP contribution in [0.15, 0.2) is 82.3 Å². The van der Waals surface area contributed by atoms with Crippen LogP contribution in [0.3, 0.4) is 0 Å². The summed E-state index contributed by atoms with van der Waals surface area (Å²) >= 11 is 6.46. The van der Waals surface area contributed by atoms with Gasteiger partial charge in [-0.3, -0.25) is 0 Å². The number of para-hydroxylation sites is 1. The van der Waals surface area contributed by atoms with Crippen molar-refractivity contribution >= 4 is 35.7 Å². The van der Waals surface area contributed by atoms with Gasteiger partial charge < -0.3 is 4.90 Å². The maximum absolute atomic E-state index is 4.78. The van der Waals surface area contributed by atoms with E-state index in [4.69, 9.17) is 12.6 Å². The van der Waals surface area contributed by atoms with E-state index in [1.165, 1.54) is 33.7 Å². The van der Waals surface area contributed by atoms with Gasteiger partial charge in [-0.25, -0.2) is 0 Å². The number of hydrogen-bond donors (Lipinski definition) is 1. The molecule has 0 saturated carbocycles. The van der Waals surface area contributed by atoms with Gasteiger partial charge in [0.2, 0.25) is 0 Å². The van der Waals surface area contributed by atoms with E-state index in [9.17, 15) is 0 Å². The maximum Gasteiger partial charge on any atom is 0.0492 e. The van der Waals surface area contributed by atoms with Gasteiger partial charge in [0.1, 0.15) is 0 Å². The minimum absolute atomic E-state index is 0.860. The molecule has 2 aromatic rings. The number of allylic oxidation sites excluding steroid dienone is 5. The number of nitrogens with zero attached hydrogens (tertiary/aromatic N) is 1. The summed E-state index contributed by atoms with van der Waals surface area (Å²) in [5, 5.41) is 0. The molecule has 1 aliphatic heterocycles. The molecular formula is C22H23NS2. The highest BCUT2D eigenvalue weighted by molar-refractivity contribution is 8.15. The molecule has 0 unspecified atom stereocenters. The van der Waals surface area contributed by atoms with Crippen LogP contribution in [-0.4, -0.2) is 6.26 Å². The topological polar surface area (TPSA) is 3.24 Å². The fourth-order valence-electron chi connectivity index (χ4n) is 3.25. The molecule has 0 fully saturated rings. The van der Waals surface area contributed by atoms with Crippen LogP contribution in [0, 0.1) is 0 Å². The molecule has 0 aliphatic carbocycles. The van der Waals surface area contributed by atoms with Crippen LogP contribution < -0.4 is 4.90 Å². The third kappa shape index (κ3) is 3.58. The summed E-state index contributed by atoms with van der Waals surface area (Å²) in [6.45, 7) is 5.13. The number of anilines is 1. The minimum atomic E-state index is 0.860. The van der Waals surface area contributed by atoms with Gasteiger partial charge in [0.15, 0.2) is 0 Å². The first-order chi connectivity index (χ1) is 12.2. The van der Waals surface area contributed by atoms with E-state index in [0.717, 1.165) is 10.8 Å². The molecule has 1 aliphatic rings. The summed E-state index contributed by atoms with van der Waals surface area (Å²) in [5.41, 5.74) is 7.53. The number of benzene rings is 2. The van der Waals surface area contributed by atoms with Gasteiger partial charge in [-0.15, -0.1) is 24.4 Å². The Labute approximate surface area is 160 Å². The Hall–Kier alpha value is -1.84. The molecule has 0 N–H and O–H groups in total. The van der Waals surface area contributed by atoms with Gasteiger partial charge in [0.25, 0.3) is 0 Å². The molecule has 3 rings (SSSR count). The first-order valence-electron chi connectivity index (χ1n) is 8.39. The summed E-state index contributed by atoms with van der Waals surface area (Å²) in [7, 11) is 0. The van der Waals surface area contributed by atoms with Crippen LogP contribution in [-0.2, 0) is 6.54 Å². The summed E-state index contributed by atoms with van der Waals surface area (Å²) in [5.74, 6) is 0. The molecule has 0 spiro atoms. The van der Waals surface area contributed by atoms with E-state index in [2.05, 4.69) is 91.8 Å². The van der Waals surface area contributed by atoms with Crippen LogP contribution in [0.2, 0.25) is 0 Å². The normalized spacial score (nSPS) is 16.4. The second kappa shape index (κ2) is 8.03. The van der Waals surface area contributed by atoms with Crippen molar-refractivity contribution in [1.29, 1.82) is 0 Å². The quantitative estimate of drug-likeness (QED) is 0.615. The Morgan fingerprint density at radius 1 is 1.08 bits per heavy atom. The molecule has 0 radical (unpaired) electrons. The zero-order valence-electron chi connectivity index (χ0n) is 14.9. The van der Waals surface area contributed by atoms with Crippen molar-refractivity contribution in [2.75, 3.05) is 11.2 Å². The van der Waals surface area contributed by atoms with E-state index >= 15 is 0 Å². The lowest BCUT2D eigenvalue weighted by atomic mass is 9.90. The van der Waals surface area contributed by atoms with Crippen molar-refractivity contribution in [3.63, 3.8) is 0 Å². The Morgan fingerprint density at radius 3 is 2.44 bits per heavy atom. The number of fused-ring (bicyclic) bond motifs is 1.